The Kier molecular flexibility index (Phi) is 4.49. The van der Waals surface area contributed by atoms with E-state index in [0.29, 0.717) is 11.7 Å². The Bertz CT molecular complexity index is 751. The summed E-state index contributed by atoms with van der Waals surface area (Å²) in [7, 11) is 0. The van der Waals surface area contributed by atoms with Crippen LogP contribution in [0.2, 0.25) is 0 Å². The Balaban J connectivity index is 1.36. The number of fused-ring (bicyclic) bond motifs is 1. The van der Waals surface area contributed by atoms with Crippen LogP contribution in [-0.2, 0) is 12.8 Å². The molecule has 1 aromatic heterocycles. The van der Waals surface area contributed by atoms with E-state index in [1.54, 1.807) is 12.4 Å². The average molecular weight is 336 g/mol. The summed E-state index contributed by atoms with van der Waals surface area (Å²) in [4.78, 5) is 25.4. The van der Waals surface area contributed by atoms with Crippen LogP contribution in [0, 0.1) is 6.92 Å². The fourth-order valence-corrected chi connectivity index (χ4v) is 3.95. The van der Waals surface area contributed by atoms with E-state index < -0.39 is 0 Å². The molecule has 0 unspecified atom stereocenters. The van der Waals surface area contributed by atoms with Gasteiger partial charge >= 0.3 is 0 Å². The van der Waals surface area contributed by atoms with Crippen molar-refractivity contribution >= 4 is 5.91 Å². The number of hydrogen-bond acceptors (Lipinski definition) is 4. The van der Waals surface area contributed by atoms with Crippen molar-refractivity contribution in [3.8, 4) is 0 Å². The van der Waals surface area contributed by atoms with Gasteiger partial charge in [0.05, 0.1) is 11.9 Å². The van der Waals surface area contributed by atoms with Gasteiger partial charge in [-0.3, -0.25) is 14.7 Å². The molecule has 0 radical (unpaired) electrons. The molecule has 4 rings (SSSR count). The fourth-order valence-electron chi connectivity index (χ4n) is 3.95. The molecule has 1 amide bonds. The monoisotopic (exact) mass is 336 g/mol. The van der Waals surface area contributed by atoms with Gasteiger partial charge in [-0.1, -0.05) is 24.3 Å². The lowest BCUT2D eigenvalue weighted by Crippen LogP contribution is -2.53. The minimum absolute atomic E-state index is 0.00106. The summed E-state index contributed by atoms with van der Waals surface area (Å²) in [6, 6.07) is 9.39. The van der Waals surface area contributed by atoms with Crippen molar-refractivity contribution in [3.05, 3.63) is 59.2 Å². The Hall–Kier alpha value is -2.27. The van der Waals surface area contributed by atoms with Gasteiger partial charge in [0, 0.05) is 38.4 Å². The molecule has 0 bridgehead atoms. The van der Waals surface area contributed by atoms with Gasteiger partial charge in [-0.05, 0) is 37.3 Å². The largest absolute Gasteiger partial charge is 0.335 e. The standard InChI is InChI=1S/C20H24N4O/c1-15-13-22-19(14-21-15)20(25)24-10-8-23(9-11-24)18-7-6-16-4-2-3-5-17(16)12-18/h2-5,13-14,18H,6-12H2,1H3/t18-/m1/s1. The molecule has 0 saturated carbocycles. The molecule has 0 spiro atoms. The highest BCUT2D eigenvalue weighted by Crippen LogP contribution is 2.25. The van der Waals surface area contributed by atoms with Crippen molar-refractivity contribution in [2.45, 2.75) is 32.2 Å². The van der Waals surface area contributed by atoms with Gasteiger partial charge in [0.1, 0.15) is 5.69 Å². The van der Waals surface area contributed by atoms with Crippen LogP contribution in [0.5, 0.6) is 0 Å². The quantitative estimate of drug-likeness (QED) is 0.843. The number of aryl methyl sites for hydroxylation is 2. The van der Waals surface area contributed by atoms with Gasteiger partial charge in [0.25, 0.3) is 5.91 Å². The van der Waals surface area contributed by atoms with Crippen molar-refractivity contribution < 1.29 is 4.79 Å². The Morgan fingerprint density at radius 1 is 1.04 bits per heavy atom. The molecule has 1 aliphatic carbocycles. The summed E-state index contributed by atoms with van der Waals surface area (Å²) in [5.74, 6) is 0.00106. The van der Waals surface area contributed by atoms with E-state index >= 15 is 0 Å². The van der Waals surface area contributed by atoms with Gasteiger partial charge in [-0.2, -0.15) is 0 Å². The minimum atomic E-state index is 0.00106. The zero-order valence-corrected chi connectivity index (χ0v) is 14.7. The zero-order chi connectivity index (χ0) is 17.2. The predicted molar refractivity (Wildman–Crippen MR) is 96.5 cm³/mol. The van der Waals surface area contributed by atoms with E-state index in [4.69, 9.17) is 0 Å². The lowest BCUT2D eigenvalue weighted by atomic mass is 9.87. The van der Waals surface area contributed by atoms with Crippen LogP contribution < -0.4 is 0 Å². The first kappa shape index (κ1) is 16.2. The van der Waals surface area contributed by atoms with Crippen molar-refractivity contribution in [2.75, 3.05) is 26.2 Å². The van der Waals surface area contributed by atoms with Crippen molar-refractivity contribution in [3.63, 3.8) is 0 Å². The first-order valence-electron chi connectivity index (χ1n) is 9.09. The van der Waals surface area contributed by atoms with E-state index in [2.05, 4.69) is 39.1 Å². The Morgan fingerprint density at radius 3 is 2.52 bits per heavy atom. The molecular weight excluding hydrogens is 312 g/mol. The van der Waals surface area contributed by atoms with Crippen LogP contribution in [0.25, 0.3) is 0 Å². The minimum Gasteiger partial charge on any atom is -0.335 e. The topological polar surface area (TPSA) is 49.3 Å². The van der Waals surface area contributed by atoms with E-state index in [9.17, 15) is 4.79 Å². The Labute approximate surface area is 148 Å². The van der Waals surface area contributed by atoms with Crippen molar-refractivity contribution in [1.29, 1.82) is 0 Å². The molecule has 1 fully saturated rings. The predicted octanol–water partition coefficient (Wildman–Crippen LogP) is 2.10. The van der Waals surface area contributed by atoms with Crippen LogP contribution in [0.4, 0.5) is 0 Å². The molecule has 130 valence electrons. The molecule has 5 heteroatoms. The molecule has 25 heavy (non-hydrogen) atoms. The maximum atomic E-state index is 12.6. The van der Waals surface area contributed by atoms with E-state index in [-0.39, 0.29) is 5.91 Å². The van der Waals surface area contributed by atoms with E-state index in [1.807, 2.05) is 11.8 Å². The molecular formula is C20H24N4O. The van der Waals surface area contributed by atoms with E-state index in [0.717, 1.165) is 38.3 Å². The fraction of sp³-hybridized carbons (Fsp3) is 0.450. The van der Waals surface area contributed by atoms with Crippen LogP contribution in [0.3, 0.4) is 0 Å². The molecule has 1 saturated heterocycles. The van der Waals surface area contributed by atoms with Gasteiger partial charge in [-0.15, -0.1) is 0 Å². The number of carbonyl (C=O) groups excluding carboxylic acids is 1. The highest BCUT2D eigenvalue weighted by atomic mass is 16.2. The maximum Gasteiger partial charge on any atom is 0.274 e. The summed E-state index contributed by atoms with van der Waals surface area (Å²) in [5, 5.41) is 0. The van der Waals surface area contributed by atoms with Crippen molar-refractivity contribution in [1.82, 2.24) is 19.8 Å². The maximum absolute atomic E-state index is 12.6. The second-order valence-corrected chi connectivity index (χ2v) is 7.04. The first-order valence-corrected chi connectivity index (χ1v) is 9.09. The SMILES string of the molecule is Cc1cnc(C(=O)N2CCN([C@@H]3CCc4ccccc4C3)CC2)cn1. The summed E-state index contributed by atoms with van der Waals surface area (Å²) in [6.07, 6.45) is 6.76. The average Bonchev–Trinajstić information content (AvgIpc) is 2.68. The summed E-state index contributed by atoms with van der Waals surface area (Å²) in [6.45, 7) is 5.30. The highest BCUT2D eigenvalue weighted by Gasteiger charge is 2.29. The third-order valence-corrected chi connectivity index (χ3v) is 5.44. The Morgan fingerprint density at radius 2 is 1.80 bits per heavy atom. The number of nitrogens with zero attached hydrogens (tertiary/aromatic N) is 4. The summed E-state index contributed by atoms with van der Waals surface area (Å²) in [5.41, 5.74) is 4.28. The number of amides is 1. The normalized spacial score (nSPS) is 21.0. The smallest absolute Gasteiger partial charge is 0.274 e. The molecule has 2 aliphatic rings. The van der Waals surface area contributed by atoms with Crippen LogP contribution >= 0.6 is 0 Å². The number of benzene rings is 1. The molecule has 0 N–H and O–H groups in total. The number of hydrogen-bond donors (Lipinski definition) is 0. The highest BCUT2D eigenvalue weighted by molar-refractivity contribution is 5.92. The third-order valence-electron chi connectivity index (χ3n) is 5.44. The third kappa shape index (κ3) is 3.42. The molecule has 1 aromatic carbocycles. The first-order chi connectivity index (χ1) is 12.2. The van der Waals surface area contributed by atoms with Gasteiger partial charge in [-0.25, -0.2) is 4.98 Å². The molecule has 2 heterocycles. The van der Waals surface area contributed by atoms with Gasteiger partial charge in [0.15, 0.2) is 0 Å². The number of rotatable bonds is 2. The molecule has 5 nitrogen and oxygen atoms in total. The zero-order valence-electron chi connectivity index (χ0n) is 14.7. The molecule has 1 aliphatic heterocycles. The molecule has 1 atom stereocenters. The summed E-state index contributed by atoms with van der Waals surface area (Å²) >= 11 is 0. The lowest BCUT2D eigenvalue weighted by Gasteiger charge is -2.41. The van der Waals surface area contributed by atoms with Gasteiger partial charge < -0.3 is 4.90 Å². The summed E-state index contributed by atoms with van der Waals surface area (Å²) < 4.78 is 0. The second-order valence-electron chi connectivity index (χ2n) is 7.04. The second kappa shape index (κ2) is 6.92. The molecule has 2 aromatic rings. The lowest BCUT2D eigenvalue weighted by molar-refractivity contribution is 0.0547. The van der Waals surface area contributed by atoms with Crippen molar-refractivity contribution in [2.24, 2.45) is 0 Å². The van der Waals surface area contributed by atoms with Crippen LogP contribution in [-0.4, -0.2) is 57.9 Å². The van der Waals surface area contributed by atoms with Gasteiger partial charge in [0.2, 0.25) is 0 Å². The van der Waals surface area contributed by atoms with Crippen LogP contribution in [0.15, 0.2) is 36.7 Å². The number of carbonyl (C=O) groups is 1. The number of aromatic nitrogens is 2. The number of piperazine rings is 1. The van der Waals surface area contributed by atoms with E-state index in [1.165, 1.54) is 24.0 Å². The van der Waals surface area contributed by atoms with Crippen LogP contribution in [0.1, 0.15) is 33.7 Å².